The number of hydrogen-bond acceptors (Lipinski definition) is 3. The van der Waals surface area contributed by atoms with Crippen LogP contribution in [0.4, 0.5) is 0 Å². The minimum Gasteiger partial charge on any atom is -0.328 e. The molecule has 6 heteroatoms. The molecule has 3 nitrogen and oxygen atoms in total. The molecule has 2 N–H and O–H groups in total. The first-order valence-corrected chi connectivity index (χ1v) is 8.54. The van der Waals surface area contributed by atoms with E-state index < -0.39 is 0 Å². The van der Waals surface area contributed by atoms with Crippen LogP contribution in [-0.2, 0) is 6.54 Å². The number of halogens is 3. The molecule has 2 aromatic rings. The number of benzene rings is 1. The molecule has 1 fully saturated rings. The highest BCUT2D eigenvalue weighted by Gasteiger charge is 2.16. The Bertz CT molecular complexity index is 675. The molecule has 2 heterocycles. The second-order valence-electron chi connectivity index (χ2n) is 6.90. The molecule has 0 saturated carbocycles. The van der Waals surface area contributed by atoms with Gasteiger partial charge in [0.25, 0.3) is 0 Å². The van der Waals surface area contributed by atoms with Crippen LogP contribution in [0.25, 0.3) is 11.3 Å². The van der Waals surface area contributed by atoms with Crippen LogP contribution in [-0.4, -0.2) is 29.0 Å². The lowest BCUT2D eigenvalue weighted by Gasteiger charge is -2.30. The number of pyridine rings is 1. The average molecular weight is 419 g/mol. The van der Waals surface area contributed by atoms with E-state index in [-0.39, 0.29) is 37.2 Å². The van der Waals surface area contributed by atoms with Crippen molar-refractivity contribution in [2.45, 2.75) is 46.2 Å². The van der Waals surface area contributed by atoms with Gasteiger partial charge in [-0.25, -0.2) is 0 Å². The number of nitrogens with two attached hydrogens (primary N) is 1. The van der Waals surface area contributed by atoms with Gasteiger partial charge >= 0.3 is 0 Å². The lowest BCUT2D eigenvalue weighted by Crippen LogP contribution is -2.39. The zero-order valence-corrected chi connectivity index (χ0v) is 18.1. The van der Waals surface area contributed by atoms with E-state index in [1.165, 1.54) is 27.8 Å². The Labute approximate surface area is 176 Å². The van der Waals surface area contributed by atoms with Gasteiger partial charge in [-0.15, -0.1) is 37.2 Å². The Morgan fingerprint density at radius 3 is 2.15 bits per heavy atom. The third-order valence-corrected chi connectivity index (χ3v) is 5.09. The van der Waals surface area contributed by atoms with E-state index in [1.807, 2.05) is 6.20 Å². The second kappa shape index (κ2) is 11.1. The van der Waals surface area contributed by atoms with E-state index in [9.17, 15) is 0 Å². The zero-order valence-electron chi connectivity index (χ0n) is 15.7. The summed E-state index contributed by atoms with van der Waals surface area (Å²) in [6.07, 6.45) is 4.15. The summed E-state index contributed by atoms with van der Waals surface area (Å²) in [6, 6.07) is 9.24. The fraction of sp³-hybridized carbons (Fsp3) is 0.450. The largest absolute Gasteiger partial charge is 0.328 e. The van der Waals surface area contributed by atoms with Gasteiger partial charge in [-0.2, -0.15) is 0 Å². The van der Waals surface area contributed by atoms with E-state index >= 15 is 0 Å². The number of aryl methyl sites for hydroxylation is 2. The molecular formula is C20H30Cl3N3. The minimum atomic E-state index is 0. The van der Waals surface area contributed by atoms with Crippen LogP contribution >= 0.6 is 37.2 Å². The average Bonchev–Trinajstić information content (AvgIpc) is 2.54. The topological polar surface area (TPSA) is 42.1 Å². The van der Waals surface area contributed by atoms with Gasteiger partial charge in [0.05, 0.1) is 5.69 Å². The summed E-state index contributed by atoms with van der Waals surface area (Å²) in [7, 11) is 0. The number of hydrogen-bond donors (Lipinski definition) is 1. The third kappa shape index (κ3) is 6.11. The molecule has 1 aromatic carbocycles. The molecule has 0 aliphatic carbocycles. The molecule has 1 aliphatic rings. The number of nitrogens with zero attached hydrogens (tertiary/aromatic N) is 2. The molecule has 0 bridgehead atoms. The summed E-state index contributed by atoms with van der Waals surface area (Å²) in [5.74, 6) is 0. The van der Waals surface area contributed by atoms with Crippen LogP contribution in [0.5, 0.6) is 0 Å². The summed E-state index contributed by atoms with van der Waals surface area (Å²) in [5.41, 5.74) is 13.6. The Kier molecular flexibility index (Phi) is 10.7. The second-order valence-corrected chi connectivity index (χ2v) is 6.90. The van der Waals surface area contributed by atoms with Crippen molar-refractivity contribution in [3.8, 4) is 11.3 Å². The lowest BCUT2D eigenvalue weighted by molar-refractivity contribution is 0.205. The van der Waals surface area contributed by atoms with Crippen molar-refractivity contribution in [3.05, 3.63) is 52.7 Å². The summed E-state index contributed by atoms with van der Waals surface area (Å²) in [5, 5.41) is 0. The van der Waals surface area contributed by atoms with Crippen LogP contribution in [0.2, 0.25) is 0 Å². The van der Waals surface area contributed by atoms with E-state index in [4.69, 9.17) is 5.73 Å². The van der Waals surface area contributed by atoms with Crippen LogP contribution in [0, 0.1) is 20.8 Å². The van der Waals surface area contributed by atoms with Gasteiger partial charge in [0, 0.05) is 24.3 Å². The van der Waals surface area contributed by atoms with Gasteiger partial charge in [0.15, 0.2) is 0 Å². The van der Waals surface area contributed by atoms with Gasteiger partial charge in [-0.1, -0.05) is 0 Å². The highest BCUT2D eigenvalue weighted by molar-refractivity contribution is 5.86. The first kappa shape index (κ1) is 25.2. The molecule has 0 atom stereocenters. The van der Waals surface area contributed by atoms with Gasteiger partial charge in [-0.3, -0.25) is 9.88 Å². The van der Waals surface area contributed by atoms with Crippen LogP contribution < -0.4 is 5.73 Å². The maximum Gasteiger partial charge on any atom is 0.0705 e. The van der Waals surface area contributed by atoms with E-state index in [0.29, 0.717) is 6.04 Å². The maximum atomic E-state index is 5.99. The van der Waals surface area contributed by atoms with Gasteiger partial charge in [0.2, 0.25) is 0 Å². The van der Waals surface area contributed by atoms with Crippen molar-refractivity contribution in [1.82, 2.24) is 9.88 Å². The molecule has 0 spiro atoms. The van der Waals surface area contributed by atoms with E-state index in [1.54, 1.807) is 0 Å². The van der Waals surface area contributed by atoms with Gasteiger partial charge < -0.3 is 5.73 Å². The number of piperidine rings is 1. The summed E-state index contributed by atoms with van der Waals surface area (Å²) in [6.45, 7) is 9.72. The summed E-state index contributed by atoms with van der Waals surface area (Å²) < 4.78 is 0. The lowest BCUT2D eigenvalue weighted by atomic mass is 9.98. The van der Waals surface area contributed by atoms with Crippen molar-refractivity contribution >= 4 is 37.2 Å². The maximum absolute atomic E-state index is 5.99. The van der Waals surface area contributed by atoms with Gasteiger partial charge in [0.1, 0.15) is 0 Å². The summed E-state index contributed by atoms with van der Waals surface area (Å²) in [4.78, 5) is 7.08. The van der Waals surface area contributed by atoms with Crippen molar-refractivity contribution in [2.24, 2.45) is 5.73 Å². The van der Waals surface area contributed by atoms with Crippen molar-refractivity contribution in [3.63, 3.8) is 0 Å². The number of rotatable bonds is 3. The van der Waals surface area contributed by atoms with E-state index in [2.05, 4.69) is 54.9 Å². The molecule has 1 aliphatic heterocycles. The zero-order chi connectivity index (χ0) is 16.4. The normalized spacial score (nSPS) is 14.8. The summed E-state index contributed by atoms with van der Waals surface area (Å²) >= 11 is 0. The number of aromatic nitrogens is 1. The Balaban J connectivity index is 0.00000208. The molecule has 1 saturated heterocycles. The Hall–Kier alpha value is -0.840. The molecular weight excluding hydrogens is 389 g/mol. The fourth-order valence-electron chi connectivity index (χ4n) is 3.28. The third-order valence-electron chi connectivity index (χ3n) is 5.09. The van der Waals surface area contributed by atoms with Crippen LogP contribution in [0.1, 0.15) is 35.1 Å². The minimum absolute atomic E-state index is 0. The van der Waals surface area contributed by atoms with Crippen molar-refractivity contribution in [2.75, 3.05) is 13.1 Å². The Morgan fingerprint density at radius 1 is 1.00 bits per heavy atom. The smallest absolute Gasteiger partial charge is 0.0705 e. The van der Waals surface area contributed by atoms with Crippen LogP contribution in [0.15, 0.2) is 30.5 Å². The molecule has 0 unspecified atom stereocenters. The standard InChI is InChI=1S/C20H27N3.3ClH/c1-14-10-18(11-15(2)16(14)3)20-12-17(4-7-22-20)13-23-8-5-19(21)6-9-23;;;/h4,7,10-12,19H,5-6,8-9,13,21H2,1-3H3;3*1H. The quantitative estimate of drug-likeness (QED) is 0.773. The monoisotopic (exact) mass is 417 g/mol. The van der Waals surface area contributed by atoms with Gasteiger partial charge in [-0.05, 0) is 93.2 Å². The highest BCUT2D eigenvalue weighted by atomic mass is 35.5. The SMILES string of the molecule is Cc1cc(-c2cc(CN3CCC(N)CC3)ccn2)cc(C)c1C.Cl.Cl.Cl. The first-order chi connectivity index (χ1) is 11.0. The highest BCUT2D eigenvalue weighted by Crippen LogP contribution is 2.24. The number of likely N-dealkylation sites (tertiary alicyclic amines) is 1. The molecule has 1 aromatic heterocycles. The van der Waals surface area contributed by atoms with Crippen LogP contribution in [0.3, 0.4) is 0 Å². The molecule has 0 radical (unpaired) electrons. The first-order valence-electron chi connectivity index (χ1n) is 8.54. The van der Waals surface area contributed by atoms with Crippen molar-refractivity contribution in [1.29, 1.82) is 0 Å². The van der Waals surface area contributed by atoms with E-state index in [0.717, 1.165) is 38.2 Å². The predicted molar refractivity (Wildman–Crippen MR) is 118 cm³/mol. The molecule has 26 heavy (non-hydrogen) atoms. The fourth-order valence-corrected chi connectivity index (χ4v) is 3.28. The Morgan fingerprint density at radius 2 is 1.58 bits per heavy atom. The predicted octanol–water partition coefficient (Wildman–Crippen LogP) is 4.86. The molecule has 146 valence electrons. The molecule has 3 rings (SSSR count). The van der Waals surface area contributed by atoms with Crippen molar-refractivity contribution < 1.29 is 0 Å². The molecule has 0 amide bonds.